The molecule has 176 valence electrons. The van der Waals surface area contributed by atoms with E-state index in [1.165, 1.54) is 0 Å². The van der Waals surface area contributed by atoms with Gasteiger partial charge in [-0.15, -0.1) is 0 Å². The van der Waals surface area contributed by atoms with Gasteiger partial charge in [-0.3, -0.25) is 9.59 Å². The Balaban J connectivity index is 1.97. The van der Waals surface area contributed by atoms with Gasteiger partial charge in [-0.2, -0.15) is 0 Å². The van der Waals surface area contributed by atoms with Gasteiger partial charge < -0.3 is 24.8 Å². The van der Waals surface area contributed by atoms with Gasteiger partial charge in [-0.25, -0.2) is 4.79 Å². The van der Waals surface area contributed by atoms with E-state index in [0.717, 1.165) is 0 Å². The molecule has 9 heteroatoms. The number of carbonyl (C=O) groups is 3. The first-order valence-corrected chi connectivity index (χ1v) is 11.3. The highest BCUT2D eigenvalue weighted by Crippen LogP contribution is 2.44. The van der Waals surface area contributed by atoms with E-state index >= 15 is 0 Å². The van der Waals surface area contributed by atoms with Crippen LogP contribution >= 0.6 is 15.9 Å². The van der Waals surface area contributed by atoms with Gasteiger partial charge in [0.25, 0.3) is 5.91 Å². The van der Waals surface area contributed by atoms with Crippen LogP contribution in [0.1, 0.15) is 25.3 Å². The highest BCUT2D eigenvalue weighted by Gasteiger charge is 2.61. The number of primary amides is 1. The highest BCUT2D eigenvalue weighted by atomic mass is 79.9. The molecule has 2 N–H and O–H groups in total. The number of methoxy groups -OCH3 is 1. The Morgan fingerprint density at radius 1 is 1.03 bits per heavy atom. The van der Waals surface area contributed by atoms with Gasteiger partial charge in [0, 0.05) is 18.7 Å². The van der Waals surface area contributed by atoms with Crippen LogP contribution in [0.2, 0.25) is 0 Å². The number of nitrogens with zero attached hydrogens (tertiary/aromatic N) is 1. The third-order valence-electron chi connectivity index (χ3n) is 5.71. The molecule has 0 spiro atoms. The predicted molar refractivity (Wildman–Crippen MR) is 126 cm³/mol. The lowest BCUT2D eigenvalue weighted by Crippen LogP contribution is -2.70. The van der Waals surface area contributed by atoms with E-state index < -0.39 is 27.7 Å². The van der Waals surface area contributed by atoms with Gasteiger partial charge in [-0.1, -0.05) is 46.3 Å². The Bertz CT molecular complexity index is 1000. The van der Waals surface area contributed by atoms with Gasteiger partial charge in [0.15, 0.2) is 0 Å². The summed E-state index contributed by atoms with van der Waals surface area (Å²) >= 11 is 3.46. The van der Waals surface area contributed by atoms with Gasteiger partial charge in [0.1, 0.15) is 16.7 Å². The Morgan fingerprint density at radius 3 is 2.27 bits per heavy atom. The maximum atomic E-state index is 13.5. The smallest absolute Gasteiger partial charge is 0.342 e. The van der Waals surface area contributed by atoms with Crippen molar-refractivity contribution in [3.63, 3.8) is 0 Å². The van der Waals surface area contributed by atoms with Gasteiger partial charge in [-0.05, 0) is 43.2 Å². The lowest BCUT2D eigenvalue weighted by Gasteiger charge is -2.48. The summed E-state index contributed by atoms with van der Waals surface area (Å²) in [4.78, 5) is 40.8. The number of halogens is 1. The van der Waals surface area contributed by atoms with Crippen molar-refractivity contribution in [1.29, 1.82) is 0 Å². The number of amides is 1. The van der Waals surface area contributed by atoms with Crippen LogP contribution in [0.5, 0.6) is 5.75 Å². The summed E-state index contributed by atoms with van der Waals surface area (Å²) in [5, 5.41) is 0. The molecule has 1 fully saturated rings. The maximum absolute atomic E-state index is 13.5. The lowest BCUT2D eigenvalue weighted by atomic mass is 9.78. The minimum absolute atomic E-state index is 0.0742. The van der Waals surface area contributed by atoms with Crippen LogP contribution in [0.4, 0.5) is 5.69 Å². The molecule has 3 rings (SSSR count). The number of rotatable bonds is 8. The van der Waals surface area contributed by atoms with Crippen molar-refractivity contribution in [2.75, 3.05) is 25.2 Å². The van der Waals surface area contributed by atoms with Crippen molar-refractivity contribution in [1.82, 2.24) is 0 Å². The molecule has 0 aliphatic carbocycles. The number of benzene rings is 2. The summed E-state index contributed by atoms with van der Waals surface area (Å²) in [6.07, 6.45) is 0.0754. The fourth-order valence-corrected chi connectivity index (χ4v) is 4.65. The summed E-state index contributed by atoms with van der Waals surface area (Å²) < 4.78 is 14.7. The molecule has 1 amide bonds. The summed E-state index contributed by atoms with van der Waals surface area (Å²) in [6, 6.07) is 16.0. The van der Waals surface area contributed by atoms with E-state index in [4.69, 9.17) is 19.9 Å². The molecule has 8 nitrogen and oxygen atoms in total. The first kappa shape index (κ1) is 24.6. The Kier molecular flexibility index (Phi) is 7.63. The molecular formula is C24H27BrN2O6. The topological polar surface area (TPSA) is 108 Å². The van der Waals surface area contributed by atoms with Crippen molar-refractivity contribution in [3.8, 4) is 5.75 Å². The minimum Gasteiger partial charge on any atom is -0.497 e. The van der Waals surface area contributed by atoms with Gasteiger partial charge >= 0.3 is 11.9 Å². The van der Waals surface area contributed by atoms with Crippen molar-refractivity contribution in [2.45, 2.75) is 36.2 Å². The predicted octanol–water partition coefficient (Wildman–Crippen LogP) is 2.96. The van der Waals surface area contributed by atoms with Crippen LogP contribution in [0.25, 0.3) is 0 Å². The molecule has 1 saturated heterocycles. The quantitative estimate of drug-likeness (QED) is 0.325. The number of piperidine rings is 1. The largest absolute Gasteiger partial charge is 0.497 e. The zero-order valence-corrected chi connectivity index (χ0v) is 20.2. The van der Waals surface area contributed by atoms with E-state index in [1.807, 2.05) is 6.07 Å². The minimum atomic E-state index is -1.91. The van der Waals surface area contributed by atoms with Crippen LogP contribution in [0, 0.1) is 0 Å². The van der Waals surface area contributed by atoms with E-state index in [9.17, 15) is 14.4 Å². The number of hydrogen-bond acceptors (Lipinski definition) is 7. The second-order valence-corrected chi connectivity index (χ2v) is 9.27. The second kappa shape index (κ2) is 10.2. The SMILES string of the molecule is CCOC(=O)C1(Br)CCN(c2ccccc2)C(C(N)=O)(C(=O)OCc2ccc(OC)cc2)C1. The van der Waals surface area contributed by atoms with Crippen LogP contribution in [-0.4, -0.2) is 48.0 Å². The zero-order chi connectivity index (χ0) is 24.1. The highest BCUT2D eigenvalue weighted by molar-refractivity contribution is 9.10. The molecule has 0 radical (unpaired) electrons. The van der Waals surface area contributed by atoms with Gasteiger partial charge in [0.2, 0.25) is 5.54 Å². The van der Waals surface area contributed by atoms with Crippen LogP contribution in [0.15, 0.2) is 54.6 Å². The summed E-state index contributed by atoms with van der Waals surface area (Å²) in [5.41, 5.74) is 5.28. The molecule has 0 bridgehead atoms. The molecule has 1 aliphatic rings. The Labute approximate surface area is 201 Å². The lowest BCUT2D eigenvalue weighted by molar-refractivity contribution is -0.158. The first-order chi connectivity index (χ1) is 15.8. The number of ether oxygens (including phenoxy) is 3. The fraction of sp³-hybridized carbons (Fsp3) is 0.375. The molecule has 1 heterocycles. The fourth-order valence-electron chi connectivity index (χ4n) is 3.95. The monoisotopic (exact) mass is 518 g/mol. The average Bonchev–Trinajstić information content (AvgIpc) is 2.83. The molecule has 2 aromatic rings. The first-order valence-electron chi connectivity index (χ1n) is 10.6. The molecular weight excluding hydrogens is 492 g/mol. The average molecular weight is 519 g/mol. The molecule has 1 aliphatic heterocycles. The van der Waals surface area contributed by atoms with Crippen LogP contribution in [-0.2, 0) is 30.5 Å². The van der Waals surface area contributed by atoms with E-state index in [2.05, 4.69) is 15.9 Å². The number of anilines is 1. The Morgan fingerprint density at radius 2 is 1.70 bits per heavy atom. The Hall–Kier alpha value is -3.07. The number of alkyl halides is 1. The normalized spacial score (nSPS) is 22.3. The molecule has 2 atom stereocenters. The number of nitrogens with two attached hydrogens (primary N) is 1. The molecule has 2 unspecified atom stereocenters. The van der Waals surface area contributed by atoms with E-state index in [0.29, 0.717) is 23.4 Å². The van der Waals surface area contributed by atoms with E-state index in [1.54, 1.807) is 67.5 Å². The summed E-state index contributed by atoms with van der Waals surface area (Å²) in [6.45, 7) is 1.99. The molecule has 0 aromatic heterocycles. The summed E-state index contributed by atoms with van der Waals surface area (Å²) in [7, 11) is 1.56. The molecule has 33 heavy (non-hydrogen) atoms. The van der Waals surface area contributed by atoms with Crippen molar-refractivity contribution < 1.29 is 28.6 Å². The second-order valence-electron chi connectivity index (χ2n) is 7.75. The standard InChI is InChI=1S/C24H27BrN2O6/c1-3-32-21(29)23(25)13-14-27(18-7-5-4-6-8-18)24(16-23,20(26)28)22(30)33-15-17-9-11-19(31-2)12-10-17/h4-12H,3,13-16H2,1-2H3,(H2,26,28). The van der Waals surface area contributed by atoms with Crippen LogP contribution < -0.4 is 15.4 Å². The van der Waals surface area contributed by atoms with E-state index in [-0.39, 0.29) is 26.2 Å². The maximum Gasteiger partial charge on any atom is 0.342 e. The third-order valence-corrected chi connectivity index (χ3v) is 6.71. The van der Waals surface area contributed by atoms with Crippen molar-refractivity contribution in [3.05, 3.63) is 60.2 Å². The number of esters is 2. The van der Waals surface area contributed by atoms with Crippen molar-refractivity contribution >= 4 is 39.5 Å². The number of para-hydroxylation sites is 1. The number of hydrogen-bond donors (Lipinski definition) is 1. The molecule has 2 aromatic carbocycles. The molecule has 0 saturated carbocycles. The third kappa shape index (κ3) is 4.98. The zero-order valence-electron chi connectivity index (χ0n) is 18.6. The summed E-state index contributed by atoms with van der Waals surface area (Å²) in [5.74, 6) is -1.62. The van der Waals surface area contributed by atoms with Crippen molar-refractivity contribution in [2.24, 2.45) is 5.73 Å². The number of carbonyl (C=O) groups excluding carboxylic acids is 3. The van der Waals surface area contributed by atoms with Crippen LogP contribution in [0.3, 0.4) is 0 Å². The van der Waals surface area contributed by atoms with Gasteiger partial charge in [0.05, 0.1) is 13.7 Å².